The van der Waals surface area contributed by atoms with E-state index in [4.69, 9.17) is 15.4 Å². The molecule has 0 aromatic heterocycles. The lowest BCUT2D eigenvalue weighted by Gasteiger charge is -2.18. The molecule has 0 aliphatic heterocycles. The molecule has 1 amide bonds. The molecule has 0 bridgehead atoms. The Morgan fingerprint density at radius 1 is 1.48 bits per heavy atom. The van der Waals surface area contributed by atoms with E-state index in [9.17, 15) is 13.2 Å². The zero-order valence-electron chi connectivity index (χ0n) is 12.1. The van der Waals surface area contributed by atoms with Crippen LogP contribution in [0.3, 0.4) is 0 Å². The van der Waals surface area contributed by atoms with Crippen LogP contribution in [0, 0.1) is 13.8 Å². The van der Waals surface area contributed by atoms with Crippen LogP contribution in [-0.2, 0) is 13.8 Å². The number of aryl methyl sites for hydroxylation is 2. The minimum Gasteiger partial charge on any atom is -0.479 e. The number of nitrogens with one attached hydrogen (secondary N) is 1. The molecule has 1 atom stereocenters. The number of ether oxygens (including phenoxy) is 1. The van der Waals surface area contributed by atoms with E-state index in [2.05, 4.69) is 11.9 Å². The summed E-state index contributed by atoms with van der Waals surface area (Å²) in [6.45, 7) is 8.78. The second kappa shape index (κ2) is 6.95. The third-order valence-electron chi connectivity index (χ3n) is 2.73. The Morgan fingerprint density at radius 3 is 2.62 bits per heavy atom. The third-order valence-corrected chi connectivity index (χ3v) is 4.06. The molecule has 1 aromatic rings. The molecule has 1 N–H and O–H groups in total. The van der Waals surface area contributed by atoms with Crippen LogP contribution in [0.15, 0.2) is 29.7 Å². The first-order valence-electron chi connectivity index (χ1n) is 6.28. The molecular formula is C14H18ClNO4S. The molecule has 7 heteroatoms. The van der Waals surface area contributed by atoms with Gasteiger partial charge in [0, 0.05) is 17.2 Å². The van der Waals surface area contributed by atoms with Crippen LogP contribution < -0.4 is 10.1 Å². The molecule has 0 aliphatic rings. The first-order valence-corrected chi connectivity index (χ1v) is 8.59. The van der Waals surface area contributed by atoms with E-state index in [1.807, 2.05) is 0 Å². The average molecular weight is 332 g/mol. The van der Waals surface area contributed by atoms with Gasteiger partial charge in [0.15, 0.2) is 6.10 Å². The highest BCUT2D eigenvalue weighted by atomic mass is 35.7. The molecular weight excluding hydrogens is 314 g/mol. The SMILES string of the molecule is C=CCNC(=O)C(C)Oc1c(C)cc(C)cc1S(=O)(=O)Cl. The molecule has 21 heavy (non-hydrogen) atoms. The maximum atomic E-state index is 11.8. The van der Waals surface area contributed by atoms with Crippen LogP contribution in [0.2, 0.25) is 0 Å². The van der Waals surface area contributed by atoms with Gasteiger partial charge in [-0.2, -0.15) is 0 Å². The van der Waals surface area contributed by atoms with Crippen molar-refractivity contribution in [2.75, 3.05) is 6.54 Å². The van der Waals surface area contributed by atoms with Crippen LogP contribution >= 0.6 is 10.7 Å². The zero-order chi connectivity index (χ0) is 16.2. The van der Waals surface area contributed by atoms with Crippen molar-refractivity contribution in [2.45, 2.75) is 31.8 Å². The Balaban J connectivity index is 3.13. The molecule has 0 radical (unpaired) electrons. The average Bonchev–Trinajstić information content (AvgIpc) is 2.37. The molecule has 1 unspecified atom stereocenters. The standard InChI is InChI=1S/C14H18ClNO4S/c1-5-6-16-14(17)11(4)20-13-10(3)7-9(2)8-12(13)21(15,18)19/h5,7-8,11H,1,6H2,2-4H3,(H,16,17). The van der Waals surface area contributed by atoms with Crippen LogP contribution in [0.25, 0.3) is 0 Å². The monoisotopic (exact) mass is 331 g/mol. The Hall–Kier alpha value is -1.53. The summed E-state index contributed by atoms with van der Waals surface area (Å²) in [7, 11) is 1.47. The first kappa shape index (κ1) is 17.5. The summed E-state index contributed by atoms with van der Waals surface area (Å²) in [5.41, 5.74) is 1.33. The van der Waals surface area contributed by atoms with Gasteiger partial charge in [0.1, 0.15) is 10.6 Å². The zero-order valence-corrected chi connectivity index (χ0v) is 13.7. The number of benzene rings is 1. The number of amides is 1. The molecule has 0 aliphatic carbocycles. The van der Waals surface area contributed by atoms with Crippen LogP contribution in [0.1, 0.15) is 18.1 Å². The van der Waals surface area contributed by atoms with Crippen molar-refractivity contribution in [3.05, 3.63) is 35.9 Å². The third kappa shape index (κ3) is 4.75. The predicted octanol–water partition coefficient (Wildman–Crippen LogP) is 2.30. The normalized spacial score (nSPS) is 12.6. The lowest BCUT2D eigenvalue weighted by atomic mass is 10.1. The van der Waals surface area contributed by atoms with Gasteiger partial charge in [0.2, 0.25) is 0 Å². The predicted molar refractivity (Wildman–Crippen MR) is 82.3 cm³/mol. The van der Waals surface area contributed by atoms with Crippen molar-refractivity contribution < 1.29 is 17.9 Å². The van der Waals surface area contributed by atoms with E-state index in [0.29, 0.717) is 12.1 Å². The van der Waals surface area contributed by atoms with Gasteiger partial charge in [-0.25, -0.2) is 8.42 Å². The summed E-state index contributed by atoms with van der Waals surface area (Å²) in [5, 5.41) is 2.58. The fourth-order valence-electron chi connectivity index (χ4n) is 1.79. The molecule has 0 saturated carbocycles. The van der Waals surface area contributed by atoms with E-state index in [-0.39, 0.29) is 16.6 Å². The Labute approximate surface area is 129 Å². The van der Waals surface area contributed by atoms with Gasteiger partial charge in [-0.1, -0.05) is 12.1 Å². The highest BCUT2D eigenvalue weighted by Crippen LogP contribution is 2.32. The summed E-state index contributed by atoms with van der Waals surface area (Å²) < 4.78 is 28.8. The van der Waals surface area contributed by atoms with Gasteiger partial charge in [0.05, 0.1) is 0 Å². The van der Waals surface area contributed by atoms with Crippen molar-refractivity contribution in [3.63, 3.8) is 0 Å². The Morgan fingerprint density at radius 2 is 2.10 bits per heavy atom. The summed E-state index contributed by atoms with van der Waals surface area (Å²) in [6, 6.07) is 3.17. The summed E-state index contributed by atoms with van der Waals surface area (Å²) in [6.07, 6.45) is 0.680. The molecule has 5 nitrogen and oxygen atoms in total. The van der Waals surface area contributed by atoms with Gasteiger partial charge in [0.25, 0.3) is 15.0 Å². The van der Waals surface area contributed by atoms with Crippen LogP contribution in [0.5, 0.6) is 5.75 Å². The highest BCUT2D eigenvalue weighted by molar-refractivity contribution is 8.13. The number of rotatable bonds is 6. The van der Waals surface area contributed by atoms with Crippen molar-refractivity contribution in [3.8, 4) is 5.75 Å². The van der Waals surface area contributed by atoms with Gasteiger partial charge >= 0.3 is 0 Å². The smallest absolute Gasteiger partial charge is 0.265 e. The Kier molecular flexibility index (Phi) is 5.80. The summed E-state index contributed by atoms with van der Waals surface area (Å²) in [5.74, 6) is -0.273. The van der Waals surface area contributed by atoms with Crippen molar-refractivity contribution in [2.24, 2.45) is 0 Å². The second-order valence-electron chi connectivity index (χ2n) is 4.64. The summed E-state index contributed by atoms with van der Waals surface area (Å²) >= 11 is 0. The van der Waals surface area contributed by atoms with Gasteiger partial charge in [-0.05, 0) is 38.0 Å². The summed E-state index contributed by atoms with van der Waals surface area (Å²) in [4.78, 5) is 11.6. The largest absolute Gasteiger partial charge is 0.479 e. The molecule has 1 aromatic carbocycles. The van der Waals surface area contributed by atoms with E-state index < -0.39 is 15.2 Å². The molecule has 0 heterocycles. The fraction of sp³-hybridized carbons (Fsp3) is 0.357. The van der Waals surface area contributed by atoms with Gasteiger partial charge < -0.3 is 10.1 Å². The molecule has 0 saturated heterocycles. The fourth-order valence-corrected chi connectivity index (χ4v) is 2.90. The van der Waals surface area contributed by atoms with Crippen LogP contribution in [0.4, 0.5) is 0 Å². The lowest BCUT2D eigenvalue weighted by molar-refractivity contribution is -0.127. The number of carbonyl (C=O) groups excluding carboxylic acids is 1. The Bertz CT molecular complexity index is 655. The maximum Gasteiger partial charge on any atom is 0.265 e. The van der Waals surface area contributed by atoms with Crippen molar-refractivity contribution >= 4 is 25.6 Å². The minimum atomic E-state index is -3.97. The van der Waals surface area contributed by atoms with Gasteiger partial charge in [-0.3, -0.25) is 4.79 Å². The van der Waals surface area contributed by atoms with E-state index in [0.717, 1.165) is 5.56 Å². The molecule has 0 spiro atoms. The van der Waals surface area contributed by atoms with E-state index in [1.165, 1.54) is 19.1 Å². The van der Waals surface area contributed by atoms with E-state index in [1.54, 1.807) is 19.9 Å². The number of carbonyl (C=O) groups is 1. The topological polar surface area (TPSA) is 72.5 Å². The second-order valence-corrected chi connectivity index (χ2v) is 7.18. The lowest BCUT2D eigenvalue weighted by Crippen LogP contribution is -2.36. The highest BCUT2D eigenvalue weighted by Gasteiger charge is 2.23. The molecule has 0 fully saturated rings. The van der Waals surface area contributed by atoms with Crippen molar-refractivity contribution in [1.29, 1.82) is 0 Å². The number of hydrogen-bond donors (Lipinski definition) is 1. The molecule has 1 rings (SSSR count). The number of hydrogen-bond acceptors (Lipinski definition) is 4. The maximum absolute atomic E-state index is 11.8. The van der Waals surface area contributed by atoms with Gasteiger partial charge in [-0.15, -0.1) is 6.58 Å². The quantitative estimate of drug-likeness (QED) is 0.641. The minimum absolute atomic E-state index is 0.0943. The molecule has 116 valence electrons. The van der Waals surface area contributed by atoms with E-state index >= 15 is 0 Å². The first-order chi connectivity index (χ1) is 9.66. The number of halogens is 1. The van der Waals surface area contributed by atoms with Crippen molar-refractivity contribution in [1.82, 2.24) is 5.32 Å². The van der Waals surface area contributed by atoms with Crippen LogP contribution in [-0.4, -0.2) is 27.0 Å².